The molecule has 5 heteroatoms. The van der Waals surface area contributed by atoms with Crippen LogP contribution in [0.5, 0.6) is 0 Å². The van der Waals surface area contributed by atoms with Crippen molar-refractivity contribution in [1.82, 2.24) is 5.32 Å². The molecule has 0 aliphatic carbocycles. The normalized spacial score (nSPS) is 10.8. The van der Waals surface area contributed by atoms with E-state index in [-0.39, 0.29) is 30.5 Å². The molecule has 0 unspecified atom stereocenters. The van der Waals surface area contributed by atoms with Crippen molar-refractivity contribution in [2.45, 2.75) is 38.6 Å². The van der Waals surface area contributed by atoms with Crippen LogP contribution in [0, 0.1) is 0 Å². The molecule has 0 fully saturated rings. The first-order valence-corrected chi connectivity index (χ1v) is 7.27. The van der Waals surface area contributed by atoms with Gasteiger partial charge >= 0.3 is 0 Å². The Kier molecular flexibility index (Phi) is 10.0. The Balaban J connectivity index is 0.00000400. The third-order valence-corrected chi connectivity index (χ3v) is 3.66. The molecule has 0 spiro atoms. The fourth-order valence-corrected chi connectivity index (χ4v) is 1.83. The number of benzene rings is 1. The average Bonchev–Trinajstić information content (AvgIpc) is 2.50. The van der Waals surface area contributed by atoms with Crippen molar-refractivity contribution >= 4 is 18.3 Å². The number of ether oxygens (including phenoxy) is 1. The Labute approximate surface area is 133 Å². The van der Waals surface area contributed by atoms with Crippen LogP contribution in [-0.4, -0.2) is 31.2 Å². The number of hydrogen-bond acceptors (Lipinski definition) is 3. The summed E-state index contributed by atoms with van der Waals surface area (Å²) in [6.45, 7) is 5.21. The van der Waals surface area contributed by atoms with Crippen LogP contribution >= 0.6 is 12.4 Å². The summed E-state index contributed by atoms with van der Waals surface area (Å²) in [6, 6.07) is 10.1. The predicted molar refractivity (Wildman–Crippen MR) is 88.7 cm³/mol. The lowest BCUT2D eigenvalue weighted by atomic mass is 9.94. The largest absolute Gasteiger partial charge is 0.371 e. The number of rotatable bonds is 9. The second-order valence-corrected chi connectivity index (χ2v) is 5.13. The van der Waals surface area contributed by atoms with Gasteiger partial charge < -0.3 is 15.8 Å². The van der Waals surface area contributed by atoms with Crippen molar-refractivity contribution < 1.29 is 9.53 Å². The quantitative estimate of drug-likeness (QED) is 0.687. The van der Waals surface area contributed by atoms with Gasteiger partial charge in [-0.15, -0.1) is 12.4 Å². The molecular formula is C16H27ClN2O2. The van der Waals surface area contributed by atoms with Gasteiger partial charge in [0.1, 0.15) is 6.61 Å². The van der Waals surface area contributed by atoms with Crippen molar-refractivity contribution in [1.29, 1.82) is 0 Å². The van der Waals surface area contributed by atoms with Crippen LogP contribution in [0.15, 0.2) is 30.3 Å². The molecule has 1 aromatic rings. The monoisotopic (exact) mass is 314 g/mol. The second-order valence-electron chi connectivity index (χ2n) is 5.13. The minimum atomic E-state index is -0.306. The molecule has 0 aliphatic rings. The fourth-order valence-electron chi connectivity index (χ4n) is 1.83. The van der Waals surface area contributed by atoms with Gasteiger partial charge in [-0.05, 0) is 24.8 Å². The first kappa shape index (κ1) is 19.9. The molecule has 1 amide bonds. The number of amides is 1. The average molecular weight is 315 g/mol. The zero-order chi connectivity index (χ0) is 14.8. The maximum absolute atomic E-state index is 11.6. The zero-order valence-electron chi connectivity index (χ0n) is 12.9. The van der Waals surface area contributed by atoms with Crippen molar-refractivity contribution in [3.05, 3.63) is 35.9 Å². The second kappa shape index (κ2) is 10.6. The molecule has 0 aliphatic heterocycles. The van der Waals surface area contributed by atoms with Crippen molar-refractivity contribution in [2.75, 3.05) is 19.8 Å². The van der Waals surface area contributed by atoms with Crippen LogP contribution < -0.4 is 11.1 Å². The van der Waals surface area contributed by atoms with E-state index in [1.165, 1.54) is 5.56 Å². The molecule has 1 rings (SSSR count). The number of nitrogens with two attached hydrogens (primary N) is 1. The van der Waals surface area contributed by atoms with Gasteiger partial charge in [0, 0.05) is 12.1 Å². The minimum Gasteiger partial charge on any atom is -0.371 e. The Morgan fingerprint density at radius 2 is 1.86 bits per heavy atom. The standard InChI is InChI=1S/C16H26N2O2.ClH/c1-3-16(17,4-2)13-18-15(19)12-20-11-10-14-8-6-5-7-9-14;/h5-9H,3-4,10-13,17H2,1-2H3,(H,18,19);1H. The predicted octanol–water partition coefficient (Wildman–Crippen LogP) is 2.30. The van der Waals surface area contributed by atoms with E-state index in [0.29, 0.717) is 13.2 Å². The third kappa shape index (κ3) is 8.05. The smallest absolute Gasteiger partial charge is 0.246 e. The summed E-state index contributed by atoms with van der Waals surface area (Å²) in [7, 11) is 0. The summed E-state index contributed by atoms with van der Waals surface area (Å²) >= 11 is 0. The van der Waals surface area contributed by atoms with Gasteiger partial charge in [-0.3, -0.25) is 4.79 Å². The SMILES string of the molecule is CCC(N)(CC)CNC(=O)COCCc1ccccc1.Cl. The maximum atomic E-state index is 11.6. The molecule has 1 aromatic carbocycles. The lowest BCUT2D eigenvalue weighted by Gasteiger charge is -2.26. The van der Waals surface area contributed by atoms with Crippen LogP contribution in [-0.2, 0) is 16.0 Å². The van der Waals surface area contributed by atoms with Crippen LogP contribution in [0.1, 0.15) is 32.3 Å². The molecule has 120 valence electrons. The van der Waals surface area contributed by atoms with Gasteiger partial charge in [-0.2, -0.15) is 0 Å². The van der Waals surface area contributed by atoms with E-state index in [2.05, 4.69) is 17.4 Å². The molecule has 0 atom stereocenters. The highest BCUT2D eigenvalue weighted by Crippen LogP contribution is 2.09. The highest BCUT2D eigenvalue weighted by Gasteiger charge is 2.20. The Bertz CT molecular complexity index is 395. The number of carbonyl (C=O) groups is 1. The van der Waals surface area contributed by atoms with Gasteiger partial charge in [-0.25, -0.2) is 0 Å². The van der Waals surface area contributed by atoms with Gasteiger partial charge in [0.05, 0.1) is 6.61 Å². The molecular weight excluding hydrogens is 288 g/mol. The van der Waals surface area contributed by atoms with Gasteiger partial charge in [0.2, 0.25) is 5.91 Å². The first-order valence-electron chi connectivity index (χ1n) is 7.27. The highest BCUT2D eigenvalue weighted by molar-refractivity contribution is 5.85. The molecule has 0 saturated carbocycles. The number of halogens is 1. The van der Waals surface area contributed by atoms with Crippen molar-refractivity contribution in [3.63, 3.8) is 0 Å². The first-order chi connectivity index (χ1) is 9.59. The van der Waals surface area contributed by atoms with E-state index in [9.17, 15) is 4.79 Å². The van der Waals surface area contributed by atoms with Crippen molar-refractivity contribution in [2.24, 2.45) is 5.73 Å². The highest BCUT2D eigenvalue weighted by atomic mass is 35.5. The topological polar surface area (TPSA) is 64.3 Å². The third-order valence-electron chi connectivity index (χ3n) is 3.66. The Morgan fingerprint density at radius 1 is 1.24 bits per heavy atom. The molecule has 21 heavy (non-hydrogen) atoms. The molecule has 0 bridgehead atoms. The molecule has 4 nitrogen and oxygen atoms in total. The molecule has 3 N–H and O–H groups in total. The van der Waals surface area contributed by atoms with Gasteiger partial charge in [0.25, 0.3) is 0 Å². The van der Waals surface area contributed by atoms with Gasteiger partial charge in [0.15, 0.2) is 0 Å². The Morgan fingerprint density at radius 3 is 2.43 bits per heavy atom. The fraction of sp³-hybridized carbons (Fsp3) is 0.562. The minimum absolute atomic E-state index is 0. The van der Waals surface area contributed by atoms with E-state index >= 15 is 0 Å². The maximum Gasteiger partial charge on any atom is 0.246 e. The van der Waals surface area contributed by atoms with Crippen LogP contribution in [0.2, 0.25) is 0 Å². The molecule has 0 heterocycles. The molecule has 0 saturated heterocycles. The summed E-state index contributed by atoms with van der Waals surface area (Å²) in [5.41, 5.74) is 7.03. The van der Waals surface area contributed by atoms with Crippen molar-refractivity contribution in [3.8, 4) is 0 Å². The summed E-state index contributed by atoms with van der Waals surface area (Å²) in [4.78, 5) is 11.6. The van der Waals surface area contributed by atoms with Crippen LogP contribution in [0.4, 0.5) is 0 Å². The zero-order valence-corrected chi connectivity index (χ0v) is 13.7. The summed E-state index contributed by atoms with van der Waals surface area (Å²) in [5, 5.41) is 2.83. The van der Waals surface area contributed by atoms with E-state index in [1.807, 2.05) is 32.0 Å². The summed E-state index contributed by atoms with van der Waals surface area (Å²) in [6.07, 6.45) is 2.51. The van der Waals surface area contributed by atoms with Gasteiger partial charge in [-0.1, -0.05) is 44.2 Å². The number of nitrogens with one attached hydrogen (secondary N) is 1. The van der Waals surface area contributed by atoms with Crippen LogP contribution in [0.25, 0.3) is 0 Å². The van der Waals surface area contributed by atoms with E-state index in [4.69, 9.17) is 10.5 Å². The molecule has 0 aromatic heterocycles. The lowest BCUT2D eigenvalue weighted by molar-refractivity contribution is -0.125. The summed E-state index contributed by atoms with van der Waals surface area (Å²) in [5.74, 6) is -0.102. The lowest BCUT2D eigenvalue weighted by Crippen LogP contribution is -2.49. The van der Waals surface area contributed by atoms with Crippen LogP contribution in [0.3, 0.4) is 0 Å². The summed E-state index contributed by atoms with van der Waals surface area (Å²) < 4.78 is 5.38. The number of carbonyl (C=O) groups excluding carboxylic acids is 1. The van der Waals surface area contributed by atoms with E-state index in [1.54, 1.807) is 0 Å². The van der Waals surface area contributed by atoms with E-state index in [0.717, 1.165) is 19.3 Å². The number of hydrogen-bond donors (Lipinski definition) is 2. The van der Waals surface area contributed by atoms with E-state index < -0.39 is 0 Å². The Hall–Kier alpha value is -1.10. The molecule has 0 radical (unpaired) electrons.